The van der Waals surface area contributed by atoms with E-state index in [2.05, 4.69) is 33.0 Å². The summed E-state index contributed by atoms with van der Waals surface area (Å²) in [5, 5.41) is 13.4. The quantitative estimate of drug-likeness (QED) is 0.644. The molecule has 0 aromatic rings. The van der Waals surface area contributed by atoms with Gasteiger partial charge in [-0.25, -0.2) is 0 Å². The lowest BCUT2D eigenvalue weighted by Gasteiger charge is -2.22. The summed E-state index contributed by atoms with van der Waals surface area (Å²) in [4.78, 5) is 0. The van der Waals surface area contributed by atoms with Gasteiger partial charge in [0.15, 0.2) is 0 Å². The summed E-state index contributed by atoms with van der Waals surface area (Å²) in [6.07, 6.45) is 3.42. The lowest BCUT2D eigenvalue weighted by molar-refractivity contribution is 0.306. The number of rotatable bonds is 7. The molecule has 0 fully saturated rings. The molecule has 0 saturated heterocycles. The van der Waals surface area contributed by atoms with Gasteiger partial charge >= 0.3 is 0 Å². The van der Waals surface area contributed by atoms with Gasteiger partial charge < -0.3 is 10.4 Å². The zero-order chi connectivity index (χ0) is 12.7. The van der Waals surface area contributed by atoms with E-state index in [0.717, 1.165) is 17.9 Å². The van der Waals surface area contributed by atoms with Crippen LogP contribution in [0.5, 0.6) is 0 Å². The van der Waals surface area contributed by atoms with Crippen molar-refractivity contribution in [1.82, 2.24) is 5.32 Å². The van der Waals surface area contributed by atoms with Crippen LogP contribution >= 0.6 is 0 Å². The van der Waals surface area contributed by atoms with E-state index in [1.165, 1.54) is 12.8 Å². The molecular formula is C14H29NO. The van der Waals surface area contributed by atoms with Gasteiger partial charge in [0.1, 0.15) is 5.76 Å². The fraction of sp³-hybridized carbons (Fsp3) is 0.857. The van der Waals surface area contributed by atoms with Crippen LogP contribution in [-0.4, -0.2) is 17.2 Å². The summed E-state index contributed by atoms with van der Waals surface area (Å²) >= 11 is 0. The SMILES string of the molecule is CC(C)=C(O)C(CCCC(C)C)NC(C)C. The van der Waals surface area contributed by atoms with E-state index in [-0.39, 0.29) is 6.04 Å². The molecule has 16 heavy (non-hydrogen) atoms. The molecule has 0 heterocycles. The summed E-state index contributed by atoms with van der Waals surface area (Å²) < 4.78 is 0. The normalized spacial score (nSPS) is 13.2. The summed E-state index contributed by atoms with van der Waals surface area (Å²) in [6.45, 7) is 12.7. The van der Waals surface area contributed by atoms with Crippen molar-refractivity contribution in [1.29, 1.82) is 0 Å². The molecule has 0 rings (SSSR count). The monoisotopic (exact) mass is 227 g/mol. The minimum Gasteiger partial charge on any atom is -0.511 e. The van der Waals surface area contributed by atoms with Crippen molar-refractivity contribution >= 4 is 0 Å². The van der Waals surface area contributed by atoms with Gasteiger partial charge in [-0.15, -0.1) is 0 Å². The molecule has 1 atom stereocenters. The van der Waals surface area contributed by atoms with E-state index < -0.39 is 0 Å². The van der Waals surface area contributed by atoms with E-state index in [1.54, 1.807) is 0 Å². The first-order valence-corrected chi connectivity index (χ1v) is 6.47. The Labute approximate surface area is 101 Å². The molecule has 0 aromatic heterocycles. The van der Waals surface area contributed by atoms with E-state index in [4.69, 9.17) is 0 Å². The molecule has 0 bridgehead atoms. The topological polar surface area (TPSA) is 32.3 Å². The Morgan fingerprint density at radius 3 is 2.00 bits per heavy atom. The van der Waals surface area contributed by atoms with Gasteiger partial charge in [0.05, 0.1) is 6.04 Å². The van der Waals surface area contributed by atoms with Gasteiger partial charge in [-0.05, 0) is 31.8 Å². The van der Waals surface area contributed by atoms with E-state index in [9.17, 15) is 5.11 Å². The maximum absolute atomic E-state index is 10.0. The molecule has 0 spiro atoms. The van der Waals surface area contributed by atoms with Crippen LogP contribution in [0.15, 0.2) is 11.3 Å². The smallest absolute Gasteiger partial charge is 0.108 e. The van der Waals surface area contributed by atoms with Crippen LogP contribution in [0, 0.1) is 5.92 Å². The Morgan fingerprint density at radius 2 is 1.62 bits per heavy atom. The van der Waals surface area contributed by atoms with Gasteiger partial charge in [0, 0.05) is 6.04 Å². The van der Waals surface area contributed by atoms with Gasteiger partial charge in [-0.2, -0.15) is 0 Å². The Kier molecular flexibility index (Phi) is 7.48. The Morgan fingerprint density at radius 1 is 1.06 bits per heavy atom. The van der Waals surface area contributed by atoms with Crippen LogP contribution < -0.4 is 5.32 Å². The number of nitrogens with one attached hydrogen (secondary N) is 1. The van der Waals surface area contributed by atoms with Crippen LogP contribution in [0.2, 0.25) is 0 Å². The number of aliphatic hydroxyl groups is 1. The number of aliphatic hydroxyl groups excluding tert-OH is 1. The average molecular weight is 227 g/mol. The van der Waals surface area contributed by atoms with Gasteiger partial charge in [0.2, 0.25) is 0 Å². The van der Waals surface area contributed by atoms with Gasteiger partial charge in [-0.1, -0.05) is 40.5 Å². The van der Waals surface area contributed by atoms with Crippen molar-refractivity contribution in [3.63, 3.8) is 0 Å². The highest BCUT2D eigenvalue weighted by Crippen LogP contribution is 2.15. The molecule has 1 unspecified atom stereocenters. The largest absolute Gasteiger partial charge is 0.511 e. The molecular weight excluding hydrogens is 198 g/mol. The molecule has 2 heteroatoms. The van der Waals surface area contributed by atoms with Crippen LogP contribution in [-0.2, 0) is 0 Å². The first-order valence-electron chi connectivity index (χ1n) is 6.47. The number of allylic oxidation sites excluding steroid dienone is 1. The van der Waals surface area contributed by atoms with Crippen molar-refractivity contribution in [2.75, 3.05) is 0 Å². The maximum Gasteiger partial charge on any atom is 0.108 e. The fourth-order valence-corrected chi connectivity index (χ4v) is 1.78. The van der Waals surface area contributed by atoms with Crippen molar-refractivity contribution in [3.05, 3.63) is 11.3 Å². The second-order valence-corrected chi connectivity index (χ2v) is 5.58. The van der Waals surface area contributed by atoms with Crippen LogP contribution in [0.25, 0.3) is 0 Å². The lowest BCUT2D eigenvalue weighted by atomic mass is 10.00. The third-order valence-electron chi connectivity index (χ3n) is 2.65. The highest BCUT2D eigenvalue weighted by molar-refractivity contribution is 5.08. The highest BCUT2D eigenvalue weighted by atomic mass is 16.3. The predicted octanol–water partition coefficient (Wildman–Crippen LogP) is 4.03. The van der Waals surface area contributed by atoms with Crippen LogP contribution in [0.3, 0.4) is 0 Å². The van der Waals surface area contributed by atoms with Crippen molar-refractivity contribution in [3.8, 4) is 0 Å². The van der Waals surface area contributed by atoms with Crippen molar-refractivity contribution < 1.29 is 5.11 Å². The summed E-state index contributed by atoms with van der Waals surface area (Å²) in [7, 11) is 0. The second kappa shape index (κ2) is 7.72. The summed E-state index contributed by atoms with van der Waals surface area (Å²) in [5.74, 6) is 1.27. The van der Waals surface area contributed by atoms with E-state index >= 15 is 0 Å². The highest BCUT2D eigenvalue weighted by Gasteiger charge is 2.15. The zero-order valence-electron chi connectivity index (χ0n) is 11.8. The Bertz CT molecular complexity index is 215. The van der Waals surface area contributed by atoms with Crippen LogP contribution in [0.1, 0.15) is 60.8 Å². The van der Waals surface area contributed by atoms with Gasteiger partial charge in [-0.3, -0.25) is 0 Å². The average Bonchev–Trinajstić information content (AvgIpc) is 2.13. The zero-order valence-corrected chi connectivity index (χ0v) is 11.8. The minimum atomic E-state index is 0.128. The Hall–Kier alpha value is -0.500. The molecule has 0 aliphatic carbocycles. The minimum absolute atomic E-state index is 0.128. The third-order valence-corrected chi connectivity index (χ3v) is 2.65. The molecule has 0 aromatic carbocycles. The van der Waals surface area contributed by atoms with Crippen LogP contribution in [0.4, 0.5) is 0 Å². The first kappa shape index (κ1) is 15.5. The Balaban J connectivity index is 4.28. The molecule has 0 aliphatic rings. The molecule has 0 radical (unpaired) electrons. The summed E-state index contributed by atoms with van der Waals surface area (Å²) in [6, 6.07) is 0.536. The van der Waals surface area contributed by atoms with Crippen molar-refractivity contribution in [2.24, 2.45) is 5.92 Å². The van der Waals surface area contributed by atoms with E-state index in [0.29, 0.717) is 11.8 Å². The second-order valence-electron chi connectivity index (χ2n) is 5.58. The number of hydrogen-bond donors (Lipinski definition) is 2. The molecule has 0 saturated carbocycles. The first-order chi connectivity index (χ1) is 7.34. The van der Waals surface area contributed by atoms with Crippen molar-refractivity contribution in [2.45, 2.75) is 72.9 Å². The molecule has 0 amide bonds. The summed E-state index contributed by atoms with van der Waals surface area (Å²) in [5.41, 5.74) is 1.02. The maximum atomic E-state index is 10.0. The predicted molar refractivity (Wildman–Crippen MR) is 71.8 cm³/mol. The molecule has 2 N–H and O–H groups in total. The molecule has 0 aliphatic heterocycles. The van der Waals surface area contributed by atoms with E-state index in [1.807, 2.05) is 13.8 Å². The molecule has 2 nitrogen and oxygen atoms in total. The molecule has 96 valence electrons. The van der Waals surface area contributed by atoms with Gasteiger partial charge in [0.25, 0.3) is 0 Å². The third kappa shape index (κ3) is 6.89. The number of hydrogen-bond acceptors (Lipinski definition) is 2. The standard InChI is InChI=1S/C14H29NO/c1-10(2)8-7-9-13(15-12(5)6)14(16)11(3)4/h10,12-13,15-16H,7-9H2,1-6H3. The fourth-order valence-electron chi connectivity index (χ4n) is 1.78. The lowest BCUT2D eigenvalue weighted by Crippen LogP contribution is -2.36.